The molecule has 0 bridgehead atoms. The summed E-state index contributed by atoms with van der Waals surface area (Å²) in [6.45, 7) is 13.7. The van der Waals surface area contributed by atoms with Gasteiger partial charge in [-0.2, -0.15) is 0 Å². The summed E-state index contributed by atoms with van der Waals surface area (Å²) >= 11 is 0. The van der Waals surface area contributed by atoms with E-state index in [0.717, 1.165) is 19.6 Å². The lowest BCUT2D eigenvalue weighted by Gasteiger charge is -2.28. The number of hydrogen-bond donors (Lipinski definition) is 1. The van der Waals surface area contributed by atoms with Gasteiger partial charge in [-0.25, -0.2) is 0 Å². The third kappa shape index (κ3) is 6.06. The normalized spacial score (nSPS) is 12.1. The Bertz CT molecular complexity index is 614. The quantitative estimate of drug-likeness (QED) is 0.819. The van der Waals surface area contributed by atoms with Gasteiger partial charge in [-0.3, -0.25) is 9.88 Å². The van der Waals surface area contributed by atoms with Gasteiger partial charge >= 0.3 is 0 Å². The van der Waals surface area contributed by atoms with Gasteiger partial charge in [0.05, 0.1) is 5.69 Å². The van der Waals surface area contributed by atoms with Crippen LogP contribution in [-0.2, 0) is 19.6 Å². The van der Waals surface area contributed by atoms with E-state index in [1.165, 1.54) is 16.8 Å². The fraction of sp³-hybridized carbons (Fsp3) is 0.476. The first-order valence-electron chi connectivity index (χ1n) is 8.81. The van der Waals surface area contributed by atoms with Crippen molar-refractivity contribution in [1.82, 2.24) is 15.2 Å². The van der Waals surface area contributed by atoms with E-state index < -0.39 is 0 Å². The van der Waals surface area contributed by atoms with Crippen LogP contribution in [0.15, 0.2) is 48.7 Å². The molecule has 2 aromatic rings. The maximum Gasteiger partial charge on any atom is 0.0589 e. The Labute approximate surface area is 147 Å². The van der Waals surface area contributed by atoms with Gasteiger partial charge in [0.25, 0.3) is 0 Å². The summed E-state index contributed by atoms with van der Waals surface area (Å²) < 4.78 is 0. The Morgan fingerprint density at radius 3 is 2.33 bits per heavy atom. The largest absolute Gasteiger partial charge is 0.308 e. The maximum atomic E-state index is 4.66. The summed E-state index contributed by atoms with van der Waals surface area (Å²) in [5, 5.41) is 3.57. The van der Waals surface area contributed by atoms with Crippen LogP contribution in [0.1, 0.15) is 51.4 Å². The summed E-state index contributed by atoms with van der Waals surface area (Å²) in [5.41, 5.74) is 3.90. The van der Waals surface area contributed by atoms with Crippen LogP contribution in [0, 0.1) is 0 Å². The second kappa shape index (κ2) is 8.41. The number of rotatable bonds is 7. The summed E-state index contributed by atoms with van der Waals surface area (Å²) in [6, 6.07) is 15.3. The highest BCUT2D eigenvalue weighted by Crippen LogP contribution is 2.15. The van der Waals surface area contributed by atoms with E-state index in [2.05, 4.69) is 86.2 Å². The summed E-state index contributed by atoms with van der Waals surface area (Å²) in [5.74, 6) is 0. The van der Waals surface area contributed by atoms with E-state index in [4.69, 9.17) is 0 Å². The molecule has 2 rings (SSSR count). The van der Waals surface area contributed by atoms with E-state index in [9.17, 15) is 0 Å². The van der Waals surface area contributed by atoms with Crippen LogP contribution in [0.2, 0.25) is 0 Å². The van der Waals surface area contributed by atoms with Gasteiger partial charge in [0.1, 0.15) is 0 Å². The Kier molecular flexibility index (Phi) is 6.52. The van der Waals surface area contributed by atoms with Crippen LogP contribution < -0.4 is 5.32 Å². The van der Waals surface area contributed by atoms with Gasteiger partial charge in [-0.15, -0.1) is 0 Å². The fourth-order valence-electron chi connectivity index (χ4n) is 2.57. The van der Waals surface area contributed by atoms with Gasteiger partial charge in [0.15, 0.2) is 0 Å². The highest BCUT2D eigenvalue weighted by atomic mass is 15.2. The zero-order valence-electron chi connectivity index (χ0n) is 15.7. The van der Waals surface area contributed by atoms with Crippen LogP contribution in [0.25, 0.3) is 0 Å². The molecule has 1 N–H and O–H groups in total. The van der Waals surface area contributed by atoms with E-state index >= 15 is 0 Å². The molecular formula is C21H31N3. The Hall–Kier alpha value is -1.71. The summed E-state index contributed by atoms with van der Waals surface area (Å²) in [7, 11) is 0. The molecule has 1 aromatic carbocycles. The molecule has 0 atom stereocenters. The third-order valence-electron chi connectivity index (χ3n) is 4.11. The summed E-state index contributed by atoms with van der Waals surface area (Å²) in [4.78, 5) is 7.13. The van der Waals surface area contributed by atoms with Crippen LogP contribution in [-0.4, -0.2) is 21.5 Å². The SMILES string of the molecule is CC(C)N(Cc1ccccc1)Cc1ncccc1CNC(C)(C)C. The minimum absolute atomic E-state index is 0.106. The van der Waals surface area contributed by atoms with Crippen LogP contribution in [0.5, 0.6) is 0 Å². The molecule has 0 spiro atoms. The van der Waals surface area contributed by atoms with Crippen molar-refractivity contribution in [3.8, 4) is 0 Å². The van der Waals surface area contributed by atoms with E-state index in [1.807, 2.05) is 12.3 Å². The molecule has 0 unspecified atom stereocenters. The standard InChI is InChI=1S/C21H31N3/c1-17(2)24(15-18-10-7-6-8-11-18)16-20-19(12-9-13-22-20)14-23-21(3,4)5/h6-13,17,23H,14-16H2,1-5H3. The molecule has 0 radical (unpaired) electrons. The van der Waals surface area contributed by atoms with Crippen molar-refractivity contribution in [3.63, 3.8) is 0 Å². The topological polar surface area (TPSA) is 28.2 Å². The number of aromatic nitrogens is 1. The van der Waals surface area contributed by atoms with Gasteiger partial charge in [0, 0.05) is 37.4 Å². The highest BCUT2D eigenvalue weighted by Gasteiger charge is 2.15. The molecular weight excluding hydrogens is 294 g/mol. The van der Waals surface area contributed by atoms with E-state index in [1.54, 1.807) is 0 Å². The molecule has 1 heterocycles. The van der Waals surface area contributed by atoms with Gasteiger partial charge < -0.3 is 5.32 Å². The van der Waals surface area contributed by atoms with Crippen LogP contribution in [0.3, 0.4) is 0 Å². The lowest BCUT2D eigenvalue weighted by Crippen LogP contribution is -2.36. The van der Waals surface area contributed by atoms with Crippen molar-refractivity contribution >= 4 is 0 Å². The average molecular weight is 326 g/mol. The molecule has 0 aliphatic rings. The Morgan fingerprint density at radius 1 is 1.00 bits per heavy atom. The van der Waals surface area contributed by atoms with Gasteiger partial charge in [-0.1, -0.05) is 36.4 Å². The lowest BCUT2D eigenvalue weighted by atomic mass is 10.1. The fourth-order valence-corrected chi connectivity index (χ4v) is 2.57. The molecule has 0 aliphatic heterocycles. The minimum Gasteiger partial charge on any atom is -0.308 e. The van der Waals surface area contributed by atoms with Crippen molar-refractivity contribution < 1.29 is 0 Å². The summed E-state index contributed by atoms with van der Waals surface area (Å²) in [6.07, 6.45) is 1.90. The van der Waals surface area contributed by atoms with Crippen LogP contribution >= 0.6 is 0 Å². The maximum absolute atomic E-state index is 4.66. The second-order valence-electron chi connectivity index (χ2n) is 7.70. The average Bonchev–Trinajstić information content (AvgIpc) is 2.53. The number of hydrogen-bond acceptors (Lipinski definition) is 3. The van der Waals surface area contributed by atoms with Crippen molar-refractivity contribution in [2.45, 2.75) is 65.8 Å². The molecule has 24 heavy (non-hydrogen) atoms. The van der Waals surface area contributed by atoms with E-state index in [0.29, 0.717) is 6.04 Å². The Morgan fingerprint density at radius 2 is 1.71 bits per heavy atom. The number of pyridine rings is 1. The first-order chi connectivity index (χ1) is 11.3. The van der Waals surface area contributed by atoms with Crippen LogP contribution in [0.4, 0.5) is 0 Å². The second-order valence-corrected chi connectivity index (χ2v) is 7.70. The highest BCUT2D eigenvalue weighted by molar-refractivity contribution is 5.21. The molecule has 130 valence electrons. The van der Waals surface area contributed by atoms with Crippen molar-refractivity contribution in [1.29, 1.82) is 0 Å². The zero-order valence-corrected chi connectivity index (χ0v) is 15.7. The van der Waals surface area contributed by atoms with Crippen molar-refractivity contribution in [2.24, 2.45) is 0 Å². The molecule has 0 saturated heterocycles. The molecule has 0 fully saturated rings. The number of nitrogens with one attached hydrogen (secondary N) is 1. The predicted molar refractivity (Wildman–Crippen MR) is 102 cm³/mol. The zero-order chi connectivity index (χ0) is 17.6. The monoisotopic (exact) mass is 325 g/mol. The molecule has 0 saturated carbocycles. The third-order valence-corrected chi connectivity index (χ3v) is 4.11. The molecule has 0 aliphatic carbocycles. The molecule has 0 amide bonds. The van der Waals surface area contributed by atoms with Gasteiger partial charge in [-0.05, 0) is 51.8 Å². The van der Waals surface area contributed by atoms with Gasteiger partial charge in [0.2, 0.25) is 0 Å². The van der Waals surface area contributed by atoms with Crippen molar-refractivity contribution in [3.05, 3.63) is 65.5 Å². The minimum atomic E-state index is 0.106. The Balaban J connectivity index is 2.11. The molecule has 3 nitrogen and oxygen atoms in total. The molecule has 3 heteroatoms. The predicted octanol–water partition coefficient (Wildman–Crippen LogP) is 4.38. The first kappa shape index (κ1) is 18.6. The number of benzene rings is 1. The first-order valence-corrected chi connectivity index (χ1v) is 8.81. The van der Waals surface area contributed by atoms with Crippen molar-refractivity contribution in [2.75, 3.05) is 0 Å². The molecule has 1 aromatic heterocycles. The smallest absolute Gasteiger partial charge is 0.0589 e. The van der Waals surface area contributed by atoms with E-state index in [-0.39, 0.29) is 5.54 Å². The lowest BCUT2D eigenvalue weighted by molar-refractivity contribution is 0.200. The number of nitrogens with zero attached hydrogens (tertiary/aromatic N) is 2.